The van der Waals surface area contributed by atoms with Gasteiger partial charge in [-0.3, -0.25) is 0 Å². The standard InChI is InChI=1S/C16H14OS2/c1-18-14-8-4-3-7-12(14)16(17)13-10-19-15-9-5-2-6-11(13)15/h2-10,16-17H,1H3. The van der Waals surface area contributed by atoms with Gasteiger partial charge in [0.05, 0.1) is 0 Å². The maximum absolute atomic E-state index is 10.7. The molecule has 3 aromatic rings. The zero-order valence-corrected chi connectivity index (χ0v) is 12.2. The molecule has 0 spiro atoms. The molecule has 0 fully saturated rings. The number of aliphatic hydroxyl groups is 1. The Morgan fingerprint density at radius 1 is 1.00 bits per heavy atom. The number of aliphatic hydroxyl groups excluding tert-OH is 1. The van der Waals surface area contributed by atoms with E-state index in [1.807, 2.05) is 36.6 Å². The van der Waals surface area contributed by atoms with Crippen molar-refractivity contribution < 1.29 is 5.11 Å². The Morgan fingerprint density at radius 3 is 2.58 bits per heavy atom. The number of thioether (sulfide) groups is 1. The Bertz CT molecular complexity index is 703. The highest BCUT2D eigenvalue weighted by Gasteiger charge is 2.17. The van der Waals surface area contributed by atoms with Crippen LogP contribution in [0.15, 0.2) is 58.8 Å². The van der Waals surface area contributed by atoms with E-state index in [0.717, 1.165) is 21.4 Å². The van der Waals surface area contributed by atoms with Gasteiger partial charge in [-0.2, -0.15) is 0 Å². The number of thiophene rings is 1. The smallest absolute Gasteiger partial charge is 0.107 e. The summed E-state index contributed by atoms with van der Waals surface area (Å²) in [5, 5.41) is 13.9. The Kier molecular flexibility index (Phi) is 3.60. The van der Waals surface area contributed by atoms with Crippen LogP contribution < -0.4 is 0 Å². The maximum Gasteiger partial charge on any atom is 0.107 e. The highest BCUT2D eigenvalue weighted by atomic mass is 32.2. The minimum Gasteiger partial charge on any atom is -0.384 e. The Balaban J connectivity index is 2.11. The summed E-state index contributed by atoms with van der Waals surface area (Å²) in [6, 6.07) is 16.3. The molecule has 1 aromatic heterocycles. The van der Waals surface area contributed by atoms with Crippen molar-refractivity contribution in [1.82, 2.24) is 0 Å². The van der Waals surface area contributed by atoms with Crippen LogP contribution in [-0.2, 0) is 0 Å². The molecule has 1 N–H and O–H groups in total. The first kappa shape index (κ1) is 12.7. The van der Waals surface area contributed by atoms with E-state index in [-0.39, 0.29) is 0 Å². The molecule has 96 valence electrons. The molecule has 0 bridgehead atoms. The summed E-state index contributed by atoms with van der Waals surface area (Å²) >= 11 is 3.35. The zero-order valence-electron chi connectivity index (χ0n) is 10.5. The molecule has 1 nitrogen and oxygen atoms in total. The quantitative estimate of drug-likeness (QED) is 0.704. The van der Waals surface area contributed by atoms with Crippen LogP contribution in [0.3, 0.4) is 0 Å². The van der Waals surface area contributed by atoms with Crippen molar-refractivity contribution in [1.29, 1.82) is 0 Å². The largest absolute Gasteiger partial charge is 0.384 e. The van der Waals surface area contributed by atoms with Gasteiger partial charge >= 0.3 is 0 Å². The van der Waals surface area contributed by atoms with Crippen molar-refractivity contribution in [2.24, 2.45) is 0 Å². The Labute approximate surface area is 120 Å². The molecule has 3 rings (SSSR count). The van der Waals surface area contributed by atoms with Crippen LogP contribution in [0.4, 0.5) is 0 Å². The van der Waals surface area contributed by atoms with E-state index in [2.05, 4.69) is 23.6 Å². The van der Waals surface area contributed by atoms with Crippen molar-refractivity contribution >= 4 is 33.2 Å². The summed E-state index contributed by atoms with van der Waals surface area (Å²) in [5.74, 6) is 0. The predicted molar refractivity (Wildman–Crippen MR) is 84.1 cm³/mol. The van der Waals surface area contributed by atoms with Crippen LogP contribution in [0.5, 0.6) is 0 Å². The molecular formula is C16H14OS2. The lowest BCUT2D eigenvalue weighted by atomic mass is 10.0. The van der Waals surface area contributed by atoms with Crippen LogP contribution in [0.25, 0.3) is 10.1 Å². The summed E-state index contributed by atoms with van der Waals surface area (Å²) in [5.41, 5.74) is 1.99. The lowest BCUT2D eigenvalue weighted by molar-refractivity contribution is 0.219. The summed E-state index contributed by atoms with van der Waals surface area (Å²) in [4.78, 5) is 1.13. The molecule has 1 unspecified atom stereocenters. The van der Waals surface area contributed by atoms with Crippen molar-refractivity contribution in [3.8, 4) is 0 Å². The molecular weight excluding hydrogens is 272 g/mol. The van der Waals surface area contributed by atoms with Crippen LogP contribution in [0.1, 0.15) is 17.2 Å². The predicted octanol–water partition coefficient (Wildman–Crippen LogP) is 4.70. The molecule has 0 aliphatic heterocycles. The van der Waals surface area contributed by atoms with Crippen molar-refractivity contribution in [2.45, 2.75) is 11.0 Å². The van der Waals surface area contributed by atoms with E-state index in [1.54, 1.807) is 23.1 Å². The molecule has 0 radical (unpaired) electrons. The van der Waals surface area contributed by atoms with Gasteiger partial charge in [0.25, 0.3) is 0 Å². The van der Waals surface area contributed by atoms with Gasteiger partial charge in [0, 0.05) is 15.2 Å². The van der Waals surface area contributed by atoms with Gasteiger partial charge in [0.2, 0.25) is 0 Å². The van der Waals surface area contributed by atoms with Gasteiger partial charge in [-0.15, -0.1) is 23.1 Å². The maximum atomic E-state index is 10.7. The third-order valence-electron chi connectivity index (χ3n) is 3.24. The van der Waals surface area contributed by atoms with Gasteiger partial charge in [0.15, 0.2) is 0 Å². The topological polar surface area (TPSA) is 20.2 Å². The lowest BCUT2D eigenvalue weighted by Crippen LogP contribution is -2.00. The summed E-state index contributed by atoms with van der Waals surface area (Å²) in [6.07, 6.45) is 1.48. The van der Waals surface area contributed by atoms with E-state index in [0.29, 0.717) is 0 Å². The molecule has 0 saturated heterocycles. The third-order valence-corrected chi connectivity index (χ3v) is 5.03. The minimum absolute atomic E-state index is 0.556. The van der Waals surface area contributed by atoms with E-state index < -0.39 is 6.10 Å². The second-order valence-electron chi connectivity index (χ2n) is 4.33. The molecule has 1 heterocycles. The summed E-state index contributed by atoms with van der Waals surface area (Å²) in [6.45, 7) is 0. The van der Waals surface area contributed by atoms with Crippen LogP contribution in [0.2, 0.25) is 0 Å². The fraction of sp³-hybridized carbons (Fsp3) is 0.125. The SMILES string of the molecule is CSc1ccccc1C(O)c1csc2ccccc12. The second kappa shape index (κ2) is 5.37. The Morgan fingerprint density at radius 2 is 1.74 bits per heavy atom. The van der Waals surface area contributed by atoms with Crippen molar-refractivity contribution in [2.75, 3.05) is 6.26 Å². The second-order valence-corrected chi connectivity index (χ2v) is 6.09. The molecule has 0 aliphatic rings. The fourth-order valence-electron chi connectivity index (χ4n) is 2.27. The third kappa shape index (κ3) is 2.29. The van der Waals surface area contributed by atoms with Gasteiger partial charge in [0.1, 0.15) is 6.10 Å². The highest BCUT2D eigenvalue weighted by molar-refractivity contribution is 7.98. The van der Waals surface area contributed by atoms with E-state index in [4.69, 9.17) is 0 Å². The van der Waals surface area contributed by atoms with Gasteiger partial charge in [-0.25, -0.2) is 0 Å². The summed E-state index contributed by atoms with van der Waals surface area (Å²) < 4.78 is 1.22. The lowest BCUT2D eigenvalue weighted by Gasteiger charge is -2.14. The number of fused-ring (bicyclic) bond motifs is 1. The van der Waals surface area contributed by atoms with E-state index in [1.165, 1.54) is 4.70 Å². The molecule has 2 aromatic carbocycles. The normalized spacial score (nSPS) is 12.7. The zero-order chi connectivity index (χ0) is 13.2. The van der Waals surface area contributed by atoms with Gasteiger partial charge in [-0.1, -0.05) is 36.4 Å². The Hall–Kier alpha value is -1.29. The van der Waals surface area contributed by atoms with Crippen LogP contribution >= 0.6 is 23.1 Å². The first-order valence-corrected chi connectivity index (χ1v) is 8.19. The first-order chi connectivity index (χ1) is 9.31. The van der Waals surface area contributed by atoms with Crippen molar-refractivity contribution in [3.63, 3.8) is 0 Å². The number of hydrogen-bond acceptors (Lipinski definition) is 3. The van der Waals surface area contributed by atoms with E-state index >= 15 is 0 Å². The number of hydrogen-bond donors (Lipinski definition) is 1. The number of rotatable bonds is 3. The fourth-order valence-corrected chi connectivity index (χ4v) is 3.88. The first-order valence-electron chi connectivity index (χ1n) is 6.08. The average Bonchev–Trinajstić information content (AvgIpc) is 2.90. The van der Waals surface area contributed by atoms with Crippen molar-refractivity contribution in [3.05, 3.63) is 65.0 Å². The molecule has 0 amide bonds. The number of benzene rings is 2. The molecule has 1 atom stereocenters. The van der Waals surface area contributed by atoms with E-state index in [9.17, 15) is 5.11 Å². The van der Waals surface area contributed by atoms with Crippen LogP contribution in [0, 0.1) is 0 Å². The molecule has 3 heteroatoms. The monoisotopic (exact) mass is 286 g/mol. The minimum atomic E-state index is -0.556. The molecule has 0 aliphatic carbocycles. The van der Waals surface area contributed by atoms with Gasteiger partial charge < -0.3 is 5.11 Å². The highest BCUT2D eigenvalue weighted by Crippen LogP contribution is 2.36. The summed E-state index contributed by atoms with van der Waals surface area (Å²) in [7, 11) is 0. The van der Waals surface area contributed by atoms with Crippen LogP contribution in [-0.4, -0.2) is 11.4 Å². The van der Waals surface area contributed by atoms with Gasteiger partial charge in [-0.05, 0) is 34.7 Å². The molecule has 0 saturated carbocycles. The molecule has 19 heavy (non-hydrogen) atoms. The average molecular weight is 286 g/mol.